The second kappa shape index (κ2) is 26.0. The first-order valence-electron chi connectivity index (χ1n) is 15.2. The van der Waals surface area contributed by atoms with Gasteiger partial charge in [0.1, 0.15) is 6.04 Å². The van der Waals surface area contributed by atoms with Gasteiger partial charge in [0.2, 0.25) is 0 Å². The largest absolute Gasteiger partial charge is 0.481 e. The molecular formula is C30H59NO4. The molecule has 0 aliphatic rings. The van der Waals surface area contributed by atoms with Crippen LogP contribution in [0.4, 0.5) is 0 Å². The molecule has 2 N–H and O–H groups in total. The Bertz CT molecular complexity index is 483. The zero-order valence-corrected chi connectivity index (χ0v) is 23.6. The van der Waals surface area contributed by atoms with E-state index < -0.39 is 18.0 Å². The number of hydrogen-bond donors (Lipinski definition) is 2. The summed E-state index contributed by atoms with van der Waals surface area (Å²) in [6, 6.07) is -0.746. The molecule has 0 aromatic heterocycles. The van der Waals surface area contributed by atoms with Crippen LogP contribution in [0, 0.1) is 5.92 Å². The molecule has 0 fully saturated rings. The van der Waals surface area contributed by atoms with Crippen LogP contribution in [0.15, 0.2) is 0 Å². The summed E-state index contributed by atoms with van der Waals surface area (Å²) in [5.41, 5.74) is 0. The van der Waals surface area contributed by atoms with Crippen molar-refractivity contribution in [2.75, 3.05) is 13.2 Å². The maximum absolute atomic E-state index is 12.4. The highest BCUT2D eigenvalue weighted by molar-refractivity contribution is 5.81. The van der Waals surface area contributed by atoms with Crippen molar-refractivity contribution in [3.63, 3.8) is 0 Å². The molecule has 0 heterocycles. The SMILES string of the molecule is CCCCCCCCCCCCCCCCCCOC(=O)[C@H](CC(=O)O)NCC(CC)CCCC. The van der Waals surface area contributed by atoms with Gasteiger partial charge in [-0.2, -0.15) is 0 Å². The van der Waals surface area contributed by atoms with Gasteiger partial charge in [-0.15, -0.1) is 0 Å². The molecular weight excluding hydrogens is 438 g/mol. The van der Waals surface area contributed by atoms with Crippen molar-refractivity contribution >= 4 is 11.9 Å². The maximum Gasteiger partial charge on any atom is 0.323 e. The fraction of sp³-hybridized carbons (Fsp3) is 0.933. The van der Waals surface area contributed by atoms with Crippen molar-refractivity contribution in [2.45, 2.75) is 162 Å². The molecule has 2 atom stereocenters. The van der Waals surface area contributed by atoms with Gasteiger partial charge < -0.3 is 15.2 Å². The van der Waals surface area contributed by atoms with E-state index in [1.54, 1.807) is 0 Å². The fourth-order valence-electron chi connectivity index (χ4n) is 4.59. The summed E-state index contributed by atoms with van der Waals surface area (Å²) in [6.45, 7) is 7.65. The smallest absolute Gasteiger partial charge is 0.323 e. The number of carboxylic acids is 1. The lowest BCUT2D eigenvalue weighted by Crippen LogP contribution is -2.42. The number of aliphatic carboxylic acids is 1. The van der Waals surface area contributed by atoms with Crippen LogP contribution in [-0.4, -0.2) is 36.2 Å². The van der Waals surface area contributed by atoms with E-state index in [0.717, 1.165) is 38.5 Å². The molecule has 0 aromatic carbocycles. The summed E-state index contributed by atoms with van der Waals surface area (Å²) >= 11 is 0. The zero-order chi connectivity index (χ0) is 26.0. The van der Waals surface area contributed by atoms with Gasteiger partial charge in [-0.05, 0) is 25.3 Å². The fourth-order valence-corrected chi connectivity index (χ4v) is 4.59. The minimum absolute atomic E-state index is 0.220. The van der Waals surface area contributed by atoms with Crippen molar-refractivity contribution in [1.82, 2.24) is 5.32 Å². The maximum atomic E-state index is 12.4. The van der Waals surface area contributed by atoms with E-state index >= 15 is 0 Å². The minimum atomic E-state index is -0.969. The molecule has 5 heteroatoms. The average molecular weight is 498 g/mol. The van der Waals surface area contributed by atoms with E-state index in [0.29, 0.717) is 19.1 Å². The lowest BCUT2D eigenvalue weighted by Gasteiger charge is -2.20. The van der Waals surface area contributed by atoms with Crippen molar-refractivity contribution < 1.29 is 19.4 Å². The molecule has 0 bridgehead atoms. The monoisotopic (exact) mass is 497 g/mol. The van der Waals surface area contributed by atoms with E-state index in [1.807, 2.05) is 0 Å². The third-order valence-electron chi connectivity index (χ3n) is 7.10. The normalized spacial score (nSPS) is 13.0. The zero-order valence-electron chi connectivity index (χ0n) is 23.6. The Morgan fingerprint density at radius 2 is 1.14 bits per heavy atom. The van der Waals surface area contributed by atoms with Crippen LogP contribution in [0.25, 0.3) is 0 Å². The Balaban J connectivity index is 3.71. The molecule has 0 saturated carbocycles. The number of hydrogen-bond acceptors (Lipinski definition) is 4. The number of nitrogens with one attached hydrogen (secondary N) is 1. The lowest BCUT2D eigenvalue weighted by molar-refractivity contribution is -0.150. The van der Waals surface area contributed by atoms with Crippen molar-refractivity contribution in [1.29, 1.82) is 0 Å². The molecule has 35 heavy (non-hydrogen) atoms. The van der Waals surface area contributed by atoms with Gasteiger partial charge >= 0.3 is 11.9 Å². The highest BCUT2D eigenvalue weighted by Gasteiger charge is 2.23. The summed E-state index contributed by atoms with van der Waals surface area (Å²) in [5.74, 6) is -0.915. The number of ether oxygens (including phenoxy) is 1. The molecule has 5 nitrogen and oxygen atoms in total. The van der Waals surface area contributed by atoms with Crippen molar-refractivity contribution in [2.24, 2.45) is 5.92 Å². The van der Waals surface area contributed by atoms with E-state index in [1.165, 1.54) is 89.9 Å². The highest BCUT2D eigenvalue weighted by Crippen LogP contribution is 2.14. The van der Waals surface area contributed by atoms with Gasteiger partial charge in [-0.25, -0.2) is 0 Å². The second-order valence-electron chi connectivity index (χ2n) is 10.4. The van der Waals surface area contributed by atoms with Gasteiger partial charge in [0.15, 0.2) is 0 Å². The van der Waals surface area contributed by atoms with Crippen LogP contribution >= 0.6 is 0 Å². The van der Waals surface area contributed by atoms with E-state index in [9.17, 15) is 9.59 Å². The molecule has 1 unspecified atom stereocenters. The molecule has 0 aliphatic carbocycles. The number of esters is 1. The number of carbonyl (C=O) groups excluding carboxylic acids is 1. The Labute approximate surface area is 217 Å². The molecule has 0 aromatic rings. The first kappa shape index (κ1) is 33.9. The predicted octanol–water partition coefficient (Wildman–Crippen LogP) is 8.44. The van der Waals surface area contributed by atoms with Crippen LogP contribution < -0.4 is 5.32 Å². The Morgan fingerprint density at radius 1 is 0.686 bits per heavy atom. The predicted molar refractivity (Wildman–Crippen MR) is 148 cm³/mol. The number of carbonyl (C=O) groups is 2. The first-order valence-corrected chi connectivity index (χ1v) is 15.2. The van der Waals surface area contributed by atoms with Gasteiger partial charge in [0.05, 0.1) is 13.0 Å². The van der Waals surface area contributed by atoms with Crippen LogP contribution in [0.2, 0.25) is 0 Å². The summed E-state index contributed by atoms with van der Waals surface area (Å²) in [7, 11) is 0. The van der Waals surface area contributed by atoms with Gasteiger partial charge in [-0.1, -0.05) is 136 Å². The van der Waals surface area contributed by atoms with E-state index in [2.05, 4.69) is 26.1 Å². The molecule has 0 amide bonds. The van der Waals surface area contributed by atoms with Gasteiger partial charge in [0, 0.05) is 0 Å². The van der Waals surface area contributed by atoms with Gasteiger partial charge in [-0.3, -0.25) is 9.59 Å². The number of rotatable bonds is 27. The number of carboxylic acid groups (broad SMARTS) is 1. The molecule has 0 rings (SSSR count). The highest BCUT2D eigenvalue weighted by atomic mass is 16.5. The van der Waals surface area contributed by atoms with Crippen molar-refractivity contribution in [3.8, 4) is 0 Å². The summed E-state index contributed by atoms with van der Waals surface area (Å²) in [5, 5.41) is 12.3. The van der Waals surface area contributed by atoms with Crippen molar-refractivity contribution in [3.05, 3.63) is 0 Å². The molecule has 0 radical (unpaired) electrons. The van der Waals surface area contributed by atoms with Crippen LogP contribution in [0.3, 0.4) is 0 Å². The van der Waals surface area contributed by atoms with Crippen LogP contribution in [0.1, 0.15) is 156 Å². The second-order valence-corrected chi connectivity index (χ2v) is 10.4. The van der Waals surface area contributed by atoms with Crippen LogP contribution in [0.5, 0.6) is 0 Å². The standard InChI is InChI=1S/C30H59NO4/c1-4-7-9-10-11-12-13-14-15-16-17-18-19-20-21-22-24-35-30(34)28(25-29(32)33)31-26-27(6-3)23-8-5-2/h27-28,31H,4-26H2,1-3H3,(H,32,33)/t27?,28-/m0/s1. The topological polar surface area (TPSA) is 75.6 Å². The Morgan fingerprint density at radius 3 is 1.57 bits per heavy atom. The summed E-state index contributed by atoms with van der Waals surface area (Å²) < 4.78 is 5.41. The summed E-state index contributed by atoms with van der Waals surface area (Å²) in [6.07, 6.45) is 25.2. The Kier molecular flexibility index (Phi) is 25.2. The van der Waals surface area contributed by atoms with Crippen LogP contribution in [-0.2, 0) is 14.3 Å². The van der Waals surface area contributed by atoms with E-state index in [-0.39, 0.29) is 6.42 Å². The summed E-state index contributed by atoms with van der Waals surface area (Å²) in [4.78, 5) is 23.6. The third-order valence-corrected chi connectivity index (χ3v) is 7.10. The first-order chi connectivity index (χ1) is 17.0. The average Bonchev–Trinajstić information content (AvgIpc) is 2.84. The van der Waals surface area contributed by atoms with Gasteiger partial charge in [0.25, 0.3) is 0 Å². The molecule has 208 valence electrons. The van der Waals surface area contributed by atoms with E-state index in [4.69, 9.17) is 9.84 Å². The third kappa shape index (κ3) is 23.1. The lowest BCUT2D eigenvalue weighted by atomic mass is 9.99. The quantitative estimate of drug-likeness (QED) is 0.0879. The molecule has 0 saturated heterocycles. The minimum Gasteiger partial charge on any atom is -0.481 e. The molecule has 0 aliphatic heterocycles. The number of unbranched alkanes of at least 4 members (excludes halogenated alkanes) is 16. The Hall–Kier alpha value is -1.10. The molecule has 0 spiro atoms.